The van der Waals surface area contributed by atoms with Crippen LogP contribution in [0.15, 0.2) is 12.3 Å². The van der Waals surface area contributed by atoms with Crippen molar-refractivity contribution < 1.29 is 32.7 Å². The highest BCUT2D eigenvalue weighted by Gasteiger charge is 2.38. The molecule has 0 bridgehead atoms. The van der Waals surface area contributed by atoms with Crippen molar-refractivity contribution in [2.75, 3.05) is 6.61 Å². The second kappa shape index (κ2) is 8.77. The van der Waals surface area contributed by atoms with Crippen LogP contribution in [0, 0.1) is 0 Å². The van der Waals surface area contributed by atoms with Crippen molar-refractivity contribution in [2.45, 2.75) is 59.4 Å². The minimum Gasteiger partial charge on any atom is -0.515 e. The van der Waals surface area contributed by atoms with E-state index in [2.05, 4.69) is 11.4 Å². The lowest BCUT2D eigenvalue weighted by Crippen LogP contribution is -2.43. The fraction of sp³-hybridized carbons (Fsp3) is 0.667. The fourth-order valence-electron chi connectivity index (χ4n) is 1.84. The second-order valence-electron chi connectivity index (χ2n) is 6.39. The smallest absolute Gasteiger partial charge is 0.438 e. The highest BCUT2D eigenvalue weighted by atomic mass is 28.4. The van der Waals surface area contributed by atoms with E-state index in [1.807, 2.05) is 20.8 Å². The van der Waals surface area contributed by atoms with Crippen molar-refractivity contribution in [1.29, 1.82) is 0 Å². The van der Waals surface area contributed by atoms with Gasteiger partial charge in [0.2, 0.25) is 0 Å². The summed E-state index contributed by atoms with van der Waals surface area (Å²) < 4.78 is 21.0. The predicted molar refractivity (Wildman–Crippen MR) is 89.4 cm³/mol. The zero-order valence-corrected chi connectivity index (χ0v) is 16.3. The lowest BCUT2D eigenvalue weighted by Gasteiger charge is -2.31. The molecular weight excluding hydrogens is 332 g/mol. The predicted octanol–water partition coefficient (Wildman–Crippen LogP) is 2.20. The number of esters is 2. The Morgan fingerprint density at radius 2 is 1.83 bits per heavy atom. The summed E-state index contributed by atoms with van der Waals surface area (Å²) in [6.45, 7) is 15.8. The quantitative estimate of drug-likeness (QED) is 0.164. The van der Waals surface area contributed by atoms with Crippen molar-refractivity contribution in [3.05, 3.63) is 17.9 Å². The summed E-state index contributed by atoms with van der Waals surface area (Å²) in [6, 6.07) is 0. The average Bonchev–Trinajstić information content (AvgIpc) is 2.35. The molecule has 0 aliphatic heterocycles. The highest BCUT2D eigenvalue weighted by Crippen LogP contribution is 2.20. The monoisotopic (exact) mass is 358 g/mol. The van der Waals surface area contributed by atoms with Crippen LogP contribution in [0.3, 0.4) is 0 Å². The Morgan fingerprint density at radius 3 is 2.25 bits per heavy atom. The van der Waals surface area contributed by atoms with Crippen molar-refractivity contribution in [3.63, 3.8) is 0 Å². The van der Waals surface area contributed by atoms with E-state index < -0.39 is 37.9 Å². The number of carbonyl (C=O) groups excluding carboxylic acids is 2. The molecule has 0 aromatic rings. The Balaban J connectivity index is 4.97. The zero-order chi connectivity index (χ0) is 19.1. The van der Waals surface area contributed by atoms with Crippen LogP contribution < -0.4 is 0 Å². The molecule has 24 heavy (non-hydrogen) atoms. The number of hydrogen-bond acceptors (Lipinski definition) is 6. The van der Waals surface area contributed by atoms with Gasteiger partial charge >= 0.3 is 26.2 Å². The SMILES string of the molecule is C=C(O[Si](C)(C)OC(C)(C)C)C(=[N+]=[N-])C(=O)O[C@@H](C)C(=O)OCC. The molecule has 0 N–H and O–H groups in total. The normalized spacial score (nSPS) is 12.6. The van der Waals surface area contributed by atoms with Crippen LogP contribution in [0.4, 0.5) is 0 Å². The third-order valence-corrected chi connectivity index (χ3v) is 4.22. The maximum Gasteiger partial charge on any atom is 0.438 e. The molecule has 0 radical (unpaired) electrons. The van der Waals surface area contributed by atoms with E-state index in [4.69, 9.17) is 23.9 Å². The Hall–Kier alpha value is -1.96. The molecule has 0 aromatic heterocycles. The summed E-state index contributed by atoms with van der Waals surface area (Å²) >= 11 is 0. The van der Waals surface area contributed by atoms with Crippen LogP contribution in [0.5, 0.6) is 0 Å². The highest BCUT2D eigenvalue weighted by molar-refractivity contribution is 6.65. The van der Waals surface area contributed by atoms with Crippen LogP contribution in [0.25, 0.3) is 5.53 Å². The average molecular weight is 358 g/mol. The van der Waals surface area contributed by atoms with Crippen LogP contribution in [0.1, 0.15) is 34.6 Å². The third kappa shape index (κ3) is 8.05. The molecule has 1 atom stereocenters. The largest absolute Gasteiger partial charge is 0.515 e. The van der Waals surface area contributed by atoms with Crippen LogP contribution in [-0.2, 0) is 27.9 Å². The molecule has 0 aromatic carbocycles. The second-order valence-corrected chi connectivity index (χ2v) is 9.60. The molecule has 0 amide bonds. The minimum atomic E-state index is -2.69. The van der Waals surface area contributed by atoms with Crippen molar-refractivity contribution >= 4 is 26.2 Å². The first-order valence-electron chi connectivity index (χ1n) is 7.51. The van der Waals surface area contributed by atoms with E-state index in [0.29, 0.717) is 0 Å². The fourth-order valence-corrected chi connectivity index (χ4v) is 4.04. The lowest BCUT2D eigenvalue weighted by molar-refractivity contribution is -0.164. The number of nitrogens with zero attached hydrogens (tertiary/aromatic N) is 2. The first kappa shape index (κ1) is 22.0. The van der Waals surface area contributed by atoms with Gasteiger partial charge in [-0.2, -0.15) is 4.79 Å². The van der Waals surface area contributed by atoms with Gasteiger partial charge in [0.25, 0.3) is 0 Å². The van der Waals surface area contributed by atoms with Gasteiger partial charge in [0.1, 0.15) is 0 Å². The Bertz CT molecular complexity index is 547. The Morgan fingerprint density at radius 1 is 1.29 bits per heavy atom. The van der Waals surface area contributed by atoms with E-state index in [1.165, 1.54) is 6.92 Å². The summed E-state index contributed by atoms with van der Waals surface area (Å²) in [5.74, 6) is -1.96. The van der Waals surface area contributed by atoms with Gasteiger partial charge in [-0.3, -0.25) is 0 Å². The summed E-state index contributed by atoms with van der Waals surface area (Å²) in [4.78, 5) is 26.4. The van der Waals surface area contributed by atoms with Crippen LogP contribution in [-0.4, -0.2) is 49.3 Å². The van der Waals surface area contributed by atoms with Gasteiger partial charge in [-0.05, 0) is 54.3 Å². The number of carbonyl (C=O) groups is 2. The summed E-state index contributed by atoms with van der Waals surface area (Å²) in [5, 5.41) is 0. The molecule has 136 valence electrons. The summed E-state index contributed by atoms with van der Waals surface area (Å²) in [7, 11) is -2.69. The molecule has 0 fully saturated rings. The lowest BCUT2D eigenvalue weighted by atomic mass is 10.2. The number of rotatable bonds is 8. The van der Waals surface area contributed by atoms with Gasteiger partial charge in [-0.1, -0.05) is 0 Å². The van der Waals surface area contributed by atoms with Crippen molar-refractivity contribution in [2.24, 2.45) is 0 Å². The first-order valence-corrected chi connectivity index (χ1v) is 10.3. The molecule has 0 saturated heterocycles. The number of hydrogen-bond donors (Lipinski definition) is 0. The van der Waals surface area contributed by atoms with E-state index in [1.54, 1.807) is 20.0 Å². The molecular formula is C15H26N2O6Si. The van der Waals surface area contributed by atoms with E-state index >= 15 is 0 Å². The molecule has 0 unspecified atom stereocenters. The number of ether oxygens (including phenoxy) is 2. The minimum absolute atomic E-state index is 0.154. The molecule has 0 aliphatic carbocycles. The molecule has 0 heterocycles. The van der Waals surface area contributed by atoms with E-state index in [-0.39, 0.29) is 12.4 Å². The van der Waals surface area contributed by atoms with E-state index in [0.717, 1.165) is 0 Å². The standard InChI is InChI=1S/C15H26N2O6Si/c1-9-20-13(18)11(3)21-14(19)12(17-16)10(2)22-24(7,8)23-15(4,5)6/h11H,2,9H2,1,3-8H3/t11-/m0/s1. The van der Waals surface area contributed by atoms with Gasteiger partial charge in [-0.25, -0.2) is 9.59 Å². The summed E-state index contributed by atoms with van der Waals surface area (Å²) in [6.07, 6.45) is -1.15. The maximum absolute atomic E-state index is 12.0. The van der Waals surface area contributed by atoms with Crippen molar-refractivity contribution in [3.8, 4) is 0 Å². The Labute approximate surface area is 143 Å². The molecule has 8 nitrogen and oxygen atoms in total. The van der Waals surface area contributed by atoms with Gasteiger partial charge in [0, 0.05) is 0 Å². The maximum atomic E-state index is 12.0. The van der Waals surface area contributed by atoms with Gasteiger partial charge in [0.15, 0.2) is 11.9 Å². The van der Waals surface area contributed by atoms with Crippen LogP contribution >= 0.6 is 0 Å². The third-order valence-electron chi connectivity index (χ3n) is 2.38. The molecule has 0 aliphatic rings. The summed E-state index contributed by atoms with van der Waals surface area (Å²) in [5.41, 5.74) is 8.07. The first-order chi connectivity index (χ1) is 10.8. The molecule has 0 rings (SSSR count). The van der Waals surface area contributed by atoms with Crippen LogP contribution in [0.2, 0.25) is 13.1 Å². The molecule has 0 saturated carbocycles. The van der Waals surface area contributed by atoms with E-state index in [9.17, 15) is 9.59 Å². The Kier molecular flexibility index (Phi) is 8.05. The topological polar surface area (TPSA) is 107 Å². The zero-order valence-electron chi connectivity index (χ0n) is 15.3. The van der Waals surface area contributed by atoms with Gasteiger partial charge in [0.05, 0.1) is 12.2 Å². The molecule has 0 spiro atoms. The molecule has 9 heteroatoms. The van der Waals surface area contributed by atoms with Gasteiger partial charge < -0.3 is 23.9 Å². The van der Waals surface area contributed by atoms with Crippen molar-refractivity contribution in [1.82, 2.24) is 0 Å². The van der Waals surface area contributed by atoms with Gasteiger partial charge in [-0.15, -0.1) is 0 Å².